The van der Waals surface area contributed by atoms with Crippen LogP contribution in [0, 0.1) is 0 Å². The van der Waals surface area contributed by atoms with Crippen molar-refractivity contribution in [2.75, 3.05) is 19.6 Å². The number of carbonyl (C=O) groups excluding carboxylic acids is 1. The van der Waals surface area contributed by atoms with E-state index in [0.717, 1.165) is 36.3 Å². The molecule has 0 saturated heterocycles. The maximum Gasteiger partial charge on any atom is 0.234 e. The standard InChI is InChI=1S/C22H25N3O2/c1-16-13-25(14-18-6-2-5-9-21(18)27-16)15-22(26)23-11-10-17-12-24-20-8-4-3-7-19(17)20/h2-9,12,16,24H,10-11,13-15H2,1H3,(H,23,26). The van der Waals surface area contributed by atoms with Crippen LogP contribution in [0.4, 0.5) is 0 Å². The number of hydrogen-bond donors (Lipinski definition) is 2. The molecule has 1 amide bonds. The van der Waals surface area contributed by atoms with Gasteiger partial charge in [-0.2, -0.15) is 0 Å². The number of aromatic amines is 1. The van der Waals surface area contributed by atoms with Crippen LogP contribution in [-0.4, -0.2) is 41.5 Å². The molecule has 5 heteroatoms. The van der Waals surface area contributed by atoms with Gasteiger partial charge in [-0.15, -0.1) is 0 Å². The number of aromatic nitrogens is 1. The molecular weight excluding hydrogens is 338 g/mol. The van der Waals surface area contributed by atoms with Gasteiger partial charge in [0, 0.05) is 42.3 Å². The summed E-state index contributed by atoms with van der Waals surface area (Å²) in [5.74, 6) is 0.980. The molecule has 2 N–H and O–H groups in total. The largest absolute Gasteiger partial charge is 0.489 e. The Morgan fingerprint density at radius 1 is 1.22 bits per heavy atom. The van der Waals surface area contributed by atoms with E-state index in [4.69, 9.17) is 4.74 Å². The first-order chi connectivity index (χ1) is 13.2. The minimum absolute atomic E-state index is 0.0569. The Kier molecular flexibility index (Phi) is 5.12. The summed E-state index contributed by atoms with van der Waals surface area (Å²) in [6, 6.07) is 16.3. The normalized spacial score (nSPS) is 17.1. The monoisotopic (exact) mass is 363 g/mol. The van der Waals surface area contributed by atoms with E-state index in [1.807, 2.05) is 43.5 Å². The van der Waals surface area contributed by atoms with Crippen molar-refractivity contribution in [3.05, 3.63) is 65.9 Å². The molecular formula is C22H25N3O2. The molecule has 1 unspecified atom stereocenters. The van der Waals surface area contributed by atoms with Crippen molar-refractivity contribution in [3.8, 4) is 5.75 Å². The Hall–Kier alpha value is -2.79. The van der Waals surface area contributed by atoms with Crippen LogP contribution in [0.15, 0.2) is 54.7 Å². The third-order valence-electron chi connectivity index (χ3n) is 4.97. The molecule has 140 valence electrons. The lowest BCUT2D eigenvalue weighted by Gasteiger charge is -2.21. The summed E-state index contributed by atoms with van der Waals surface area (Å²) in [7, 11) is 0. The zero-order chi connectivity index (χ0) is 18.6. The van der Waals surface area contributed by atoms with Gasteiger partial charge in [-0.1, -0.05) is 36.4 Å². The van der Waals surface area contributed by atoms with Crippen LogP contribution in [0.1, 0.15) is 18.1 Å². The lowest BCUT2D eigenvalue weighted by atomic mass is 10.1. The van der Waals surface area contributed by atoms with Gasteiger partial charge in [-0.05, 0) is 31.0 Å². The summed E-state index contributed by atoms with van der Waals surface area (Å²) in [5, 5.41) is 4.28. The second-order valence-corrected chi connectivity index (χ2v) is 7.17. The van der Waals surface area contributed by atoms with E-state index < -0.39 is 0 Å². The molecule has 0 aliphatic carbocycles. The smallest absolute Gasteiger partial charge is 0.234 e. The molecule has 0 fully saturated rings. The van der Waals surface area contributed by atoms with Gasteiger partial charge in [-0.25, -0.2) is 0 Å². The molecule has 1 aliphatic rings. The van der Waals surface area contributed by atoms with Crippen molar-refractivity contribution in [2.24, 2.45) is 0 Å². The molecule has 1 aliphatic heterocycles. The van der Waals surface area contributed by atoms with Gasteiger partial charge in [0.25, 0.3) is 0 Å². The van der Waals surface area contributed by atoms with Crippen LogP contribution in [0.5, 0.6) is 5.75 Å². The Morgan fingerprint density at radius 3 is 2.96 bits per heavy atom. The predicted molar refractivity (Wildman–Crippen MR) is 107 cm³/mol. The molecule has 2 heterocycles. The van der Waals surface area contributed by atoms with Gasteiger partial charge in [-0.3, -0.25) is 9.69 Å². The van der Waals surface area contributed by atoms with Crippen LogP contribution in [0.2, 0.25) is 0 Å². The van der Waals surface area contributed by atoms with E-state index >= 15 is 0 Å². The highest BCUT2D eigenvalue weighted by atomic mass is 16.5. The topological polar surface area (TPSA) is 57.4 Å². The maximum atomic E-state index is 12.4. The van der Waals surface area contributed by atoms with Gasteiger partial charge in [0.2, 0.25) is 5.91 Å². The molecule has 27 heavy (non-hydrogen) atoms. The summed E-state index contributed by atoms with van der Waals surface area (Å²) in [5.41, 5.74) is 3.50. The Morgan fingerprint density at radius 2 is 2.04 bits per heavy atom. The number of amides is 1. The summed E-state index contributed by atoms with van der Waals surface area (Å²) < 4.78 is 5.96. The molecule has 1 aromatic heterocycles. The molecule has 0 bridgehead atoms. The highest BCUT2D eigenvalue weighted by molar-refractivity contribution is 5.83. The van der Waals surface area contributed by atoms with Crippen molar-refractivity contribution in [1.82, 2.24) is 15.2 Å². The third-order valence-corrected chi connectivity index (χ3v) is 4.97. The van der Waals surface area contributed by atoms with Crippen molar-refractivity contribution in [3.63, 3.8) is 0 Å². The zero-order valence-electron chi connectivity index (χ0n) is 15.6. The van der Waals surface area contributed by atoms with Crippen LogP contribution >= 0.6 is 0 Å². The number of fused-ring (bicyclic) bond motifs is 2. The van der Waals surface area contributed by atoms with E-state index in [-0.39, 0.29) is 12.0 Å². The van der Waals surface area contributed by atoms with Gasteiger partial charge in [0.05, 0.1) is 6.54 Å². The average Bonchev–Trinajstić information content (AvgIpc) is 2.98. The second-order valence-electron chi connectivity index (χ2n) is 7.17. The van der Waals surface area contributed by atoms with E-state index in [0.29, 0.717) is 13.1 Å². The van der Waals surface area contributed by atoms with E-state index in [1.54, 1.807) is 0 Å². The number of ether oxygens (including phenoxy) is 1. The van der Waals surface area contributed by atoms with Gasteiger partial charge in [0.15, 0.2) is 0 Å². The summed E-state index contributed by atoms with van der Waals surface area (Å²) in [4.78, 5) is 17.9. The molecule has 5 nitrogen and oxygen atoms in total. The van der Waals surface area contributed by atoms with Crippen LogP contribution in [0.25, 0.3) is 10.9 Å². The molecule has 0 radical (unpaired) electrons. The van der Waals surface area contributed by atoms with E-state index in [2.05, 4.69) is 33.4 Å². The number of hydrogen-bond acceptors (Lipinski definition) is 3. The Labute approximate surface area is 159 Å². The highest BCUT2D eigenvalue weighted by Crippen LogP contribution is 2.24. The lowest BCUT2D eigenvalue weighted by Crippen LogP contribution is -2.40. The number of carbonyl (C=O) groups is 1. The molecule has 0 spiro atoms. The van der Waals surface area contributed by atoms with Gasteiger partial charge < -0.3 is 15.0 Å². The van der Waals surface area contributed by atoms with Crippen LogP contribution in [-0.2, 0) is 17.8 Å². The molecule has 0 saturated carbocycles. The summed E-state index contributed by atoms with van der Waals surface area (Å²) in [6.07, 6.45) is 2.91. The number of benzene rings is 2. The first-order valence-corrected chi connectivity index (χ1v) is 9.47. The maximum absolute atomic E-state index is 12.4. The minimum Gasteiger partial charge on any atom is -0.489 e. The fourth-order valence-corrected chi connectivity index (χ4v) is 3.73. The van der Waals surface area contributed by atoms with Gasteiger partial charge in [0.1, 0.15) is 11.9 Å². The third kappa shape index (κ3) is 4.14. The average molecular weight is 363 g/mol. The van der Waals surface area contributed by atoms with E-state index in [1.165, 1.54) is 10.9 Å². The second kappa shape index (κ2) is 7.84. The summed E-state index contributed by atoms with van der Waals surface area (Å²) in [6.45, 7) is 4.54. The Balaban J connectivity index is 1.31. The number of para-hydroxylation sites is 2. The Bertz CT molecular complexity index is 934. The van der Waals surface area contributed by atoms with Crippen molar-refractivity contribution >= 4 is 16.8 Å². The van der Waals surface area contributed by atoms with Crippen molar-refractivity contribution in [2.45, 2.75) is 26.0 Å². The zero-order valence-corrected chi connectivity index (χ0v) is 15.6. The number of rotatable bonds is 5. The fraction of sp³-hybridized carbons (Fsp3) is 0.318. The van der Waals surface area contributed by atoms with Crippen LogP contribution in [0.3, 0.4) is 0 Å². The first kappa shape index (κ1) is 17.6. The fourth-order valence-electron chi connectivity index (χ4n) is 3.73. The molecule has 2 aromatic carbocycles. The number of H-pyrrole nitrogens is 1. The van der Waals surface area contributed by atoms with Crippen molar-refractivity contribution < 1.29 is 9.53 Å². The molecule has 1 atom stereocenters. The van der Waals surface area contributed by atoms with Gasteiger partial charge >= 0.3 is 0 Å². The van der Waals surface area contributed by atoms with Crippen molar-refractivity contribution in [1.29, 1.82) is 0 Å². The number of nitrogens with zero attached hydrogens (tertiary/aromatic N) is 1. The highest BCUT2D eigenvalue weighted by Gasteiger charge is 2.21. The van der Waals surface area contributed by atoms with E-state index in [9.17, 15) is 4.79 Å². The molecule has 4 rings (SSSR count). The summed E-state index contributed by atoms with van der Waals surface area (Å²) >= 11 is 0. The quantitative estimate of drug-likeness (QED) is 0.732. The van der Waals surface area contributed by atoms with Crippen LogP contribution < -0.4 is 10.1 Å². The number of nitrogens with one attached hydrogen (secondary N) is 2. The molecule has 3 aromatic rings. The minimum atomic E-state index is 0.0569. The lowest BCUT2D eigenvalue weighted by molar-refractivity contribution is -0.122. The SMILES string of the molecule is CC1CN(CC(=O)NCCc2c[nH]c3ccccc23)Cc2ccccc2O1. The first-order valence-electron chi connectivity index (χ1n) is 9.47. The predicted octanol–water partition coefficient (Wildman–Crippen LogP) is 3.11.